The molecule has 2 unspecified atom stereocenters. The van der Waals surface area contributed by atoms with Crippen LogP contribution in [0.15, 0.2) is 89.1 Å². The standard InChI is InChI=1S/C79H101N9O22/c1-50(2)60-42-73(91)86(77(60)94)18-15-71(89)80-17-22-100-24-26-102-28-30-104-32-34-106-36-35-105-33-31-103-29-27-101-25-23-99-21-16-72(90)85-74(51(3)4)76(93)83-52(5)75(92)84-57-12-9-53(10-13-57)55-37-58-45-81-63-43-69(66(97-6)40-61(63)78(95)87(58)47-55)107-19-8-20-108-70-44-64-62(41-67(70)98-7)79(96)88-48-56(38-59(88)46-82-64)54-11-14-65-68(39-54)110-49-109-65/h9-14,39-41,43-48,50-52,58-60,74H,8,15-38,42,49H2,1-7H3,(H,80,89)(H,83,93)(H,84,92)(H,85,90)/t52-,58-,59-,60?,74?/m0/s1. The first kappa shape index (κ1) is 82.6. The number of ether oxygens (including phenoxy) is 14. The van der Waals surface area contributed by atoms with Crippen LogP contribution in [0.3, 0.4) is 0 Å². The van der Waals surface area contributed by atoms with E-state index in [1.54, 1.807) is 79.4 Å². The minimum absolute atomic E-state index is 0.0108. The van der Waals surface area contributed by atoms with Crippen molar-refractivity contribution in [3.05, 3.63) is 101 Å². The Hall–Kier alpha value is -9.86. The number of aliphatic imine (C=N–C) groups is 2. The highest BCUT2D eigenvalue weighted by Gasteiger charge is 2.41. The molecule has 6 aliphatic heterocycles. The van der Waals surface area contributed by atoms with Gasteiger partial charge in [-0.15, -0.1) is 0 Å². The largest absolute Gasteiger partial charge is 0.493 e. The molecule has 31 heteroatoms. The molecule has 594 valence electrons. The molecule has 4 aromatic carbocycles. The SMILES string of the molecule is COc1cc2c(cc1OCCCOc1cc3c(cc1OC)C(=O)N1C=C(c4ccc5c(c4)OCO5)C[C@H]1C=N3)N=C[C@@H]1CC(c3ccc(NC(=O)[C@H](C)NC(=O)C(NC(=O)CCOCCOCCOCCOCCOCCOCCOCCOCCNC(=O)CCN4C(=O)CC(C(C)C)C4=O)C(C)C)cc3)=CN1C2=O. The molecule has 0 radical (unpaired) electrons. The number of imide groups is 1. The summed E-state index contributed by atoms with van der Waals surface area (Å²) in [7, 11) is 3.02. The maximum absolute atomic E-state index is 14.2. The van der Waals surface area contributed by atoms with E-state index in [1.807, 2.05) is 56.6 Å². The Morgan fingerprint density at radius 3 is 1.51 bits per heavy atom. The fraction of sp³-hybridized carbons (Fsp3) is 0.519. The van der Waals surface area contributed by atoms with Gasteiger partial charge in [0.1, 0.15) is 12.1 Å². The molecule has 10 rings (SSSR count). The van der Waals surface area contributed by atoms with Crippen molar-refractivity contribution in [2.45, 2.75) is 97.3 Å². The molecular weight excluding hydrogens is 1430 g/mol. The topological polar surface area (TPSA) is 348 Å². The average molecular weight is 1530 g/mol. The fourth-order valence-electron chi connectivity index (χ4n) is 12.7. The number of methoxy groups -OCH3 is 2. The Labute approximate surface area is 639 Å². The smallest absolute Gasteiger partial charge is 0.260 e. The van der Waals surface area contributed by atoms with E-state index in [1.165, 1.54) is 19.1 Å². The Balaban J connectivity index is 0.530. The highest BCUT2D eigenvalue weighted by molar-refractivity contribution is 6.07. The van der Waals surface area contributed by atoms with Gasteiger partial charge in [0, 0.05) is 100 Å². The molecular formula is C79H101N9O22. The monoisotopic (exact) mass is 1530 g/mol. The Morgan fingerprint density at radius 2 is 1.01 bits per heavy atom. The molecule has 110 heavy (non-hydrogen) atoms. The van der Waals surface area contributed by atoms with Gasteiger partial charge in [0.15, 0.2) is 34.5 Å². The predicted octanol–water partition coefficient (Wildman–Crippen LogP) is 6.87. The lowest BCUT2D eigenvalue weighted by Crippen LogP contribution is -2.53. The van der Waals surface area contributed by atoms with Gasteiger partial charge in [0.2, 0.25) is 42.2 Å². The van der Waals surface area contributed by atoms with Crippen molar-refractivity contribution >= 4 is 87.9 Å². The maximum atomic E-state index is 14.2. The van der Waals surface area contributed by atoms with Crippen LogP contribution in [0, 0.1) is 17.8 Å². The Bertz CT molecular complexity index is 3980. The molecule has 5 atom stereocenters. The van der Waals surface area contributed by atoms with Gasteiger partial charge in [-0.1, -0.05) is 45.9 Å². The summed E-state index contributed by atoms with van der Waals surface area (Å²) < 4.78 is 79.0. The number of amides is 8. The zero-order valence-corrected chi connectivity index (χ0v) is 63.5. The van der Waals surface area contributed by atoms with E-state index in [0.717, 1.165) is 22.3 Å². The number of carbonyl (C=O) groups is 8. The molecule has 0 aromatic heterocycles. The van der Waals surface area contributed by atoms with Crippen molar-refractivity contribution in [2.75, 3.05) is 158 Å². The van der Waals surface area contributed by atoms with Crippen molar-refractivity contribution in [1.29, 1.82) is 0 Å². The first-order valence-corrected chi connectivity index (χ1v) is 37.4. The third kappa shape index (κ3) is 23.1. The maximum Gasteiger partial charge on any atom is 0.260 e. The summed E-state index contributed by atoms with van der Waals surface area (Å²) in [6.07, 6.45) is 8.99. The summed E-state index contributed by atoms with van der Waals surface area (Å²) in [5, 5.41) is 11.1. The summed E-state index contributed by atoms with van der Waals surface area (Å²) in [6, 6.07) is 17.1. The number of carbonyl (C=O) groups excluding carboxylic acids is 8. The number of benzene rings is 4. The highest BCUT2D eigenvalue weighted by atomic mass is 16.7. The molecule has 8 amide bonds. The molecule has 0 saturated carbocycles. The molecule has 0 aliphatic carbocycles. The second-order valence-electron chi connectivity index (χ2n) is 27.3. The number of nitrogens with one attached hydrogen (secondary N) is 4. The number of rotatable bonds is 47. The summed E-state index contributed by atoms with van der Waals surface area (Å²) >= 11 is 0. The van der Waals surface area contributed by atoms with Gasteiger partial charge in [-0.3, -0.25) is 53.2 Å². The minimum atomic E-state index is -0.945. The van der Waals surface area contributed by atoms with E-state index in [-0.39, 0.29) is 124 Å². The van der Waals surface area contributed by atoms with Gasteiger partial charge < -0.3 is 97.4 Å². The summed E-state index contributed by atoms with van der Waals surface area (Å²) in [6.45, 7) is 15.7. The third-order valence-corrected chi connectivity index (χ3v) is 18.8. The molecule has 4 aromatic rings. The second-order valence-corrected chi connectivity index (χ2v) is 27.3. The molecule has 31 nitrogen and oxygen atoms in total. The second kappa shape index (κ2) is 41.8. The van der Waals surface area contributed by atoms with Crippen LogP contribution in [0.2, 0.25) is 0 Å². The lowest BCUT2D eigenvalue weighted by molar-refractivity contribution is -0.140. The van der Waals surface area contributed by atoms with Gasteiger partial charge in [-0.25, -0.2) is 0 Å². The lowest BCUT2D eigenvalue weighted by atomic mass is 9.94. The number of nitrogens with zero attached hydrogens (tertiary/aromatic N) is 5. The highest BCUT2D eigenvalue weighted by Crippen LogP contribution is 2.43. The number of fused-ring (bicyclic) bond motifs is 5. The van der Waals surface area contributed by atoms with Crippen molar-refractivity contribution in [1.82, 2.24) is 30.7 Å². The van der Waals surface area contributed by atoms with Crippen molar-refractivity contribution in [3.63, 3.8) is 0 Å². The van der Waals surface area contributed by atoms with Crippen LogP contribution in [0.5, 0.6) is 34.5 Å². The zero-order chi connectivity index (χ0) is 77.9. The number of hydrogen-bond donors (Lipinski definition) is 4. The Morgan fingerprint density at radius 1 is 0.518 bits per heavy atom. The van der Waals surface area contributed by atoms with Gasteiger partial charge in [0.25, 0.3) is 11.8 Å². The lowest BCUT2D eigenvalue weighted by Gasteiger charge is -2.24. The van der Waals surface area contributed by atoms with Crippen LogP contribution in [-0.2, 0) is 66.7 Å². The molecule has 0 bridgehead atoms. The molecule has 4 N–H and O–H groups in total. The number of anilines is 1. The van der Waals surface area contributed by atoms with Crippen LogP contribution in [0.1, 0.15) is 105 Å². The zero-order valence-electron chi connectivity index (χ0n) is 63.5. The molecule has 1 saturated heterocycles. The van der Waals surface area contributed by atoms with Gasteiger partial charge in [0.05, 0.1) is 168 Å². The summed E-state index contributed by atoms with van der Waals surface area (Å²) in [4.78, 5) is 119. The van der Waals surface area contributed by atoms with Gasteiger partial charge in [-0.2, -0.15) is 0 Å². The van der Waals surface area contributed by atoms with E-state index in [0.29, 0.717) is 181 Å². The summed E-state index contributed by atoms with van der Waals surface area (Å²) in [5.41, 5.74) is 5.76. The van der Waals surface area contributed by atoms with E-state index >= 15 is 0 Å². The Kier molecular flexibility index (Phi) is 31.4. The fourth-order valence-corrected chi connectivity index (χ4v) is 12.7. The van der Waals surface area contributed by atoms with Crippen LogP contribution >= 0.6 is 0 Å². The van der Waals surface area contributed by atoms with E-state index < -0.39 is 23.9 Å². The molecule has 6 aliphatic rings. The van der Waals surface area contributed by atoms with Crippen molar-refractivity contribution in [3.8, 4) is 34.5 Å². The van der Waals surface area contributed by atoms with Gasteiger partial charge in [-0.05, 0) is 77.4 Å². The van der Waals surface area contributed by atoms with Crippen LogP contribution in [0.4, 0.5) is 17.1 Å². The number of likely N-dealkylation sites (tertiary alicyclic amines) is 1. The third-order valence-electron chi connectivity index (χ3n) is 18.8. The molecule has 6 heterocycles. The van der Waals surface area contributed by atoms with E-state index in [4.69, 9.17) is 76.3 Å². The predicted molar refractivity (Wildman–Crippen MR) is 403 cm³/mol. The normalized spacial score (nSPS) is 17.3. The van der Waals surface area contributed by atoms with Gasteiger partial charge >= 0.3 is 0 Å². The van der Waals surface area contributed by atoms with Crippen LogP contribution < -0.4 is 49.7 Å². The average Bonchev–Trinajstić information content (AvgIpc) is 1.62. The van der Waals surface area contributed by atoms with Crippen LogP contribution in [-0.4, -0.2) is 252 Å². The first-order chi connectivity index (χ1) is 53.4. The molecule has 1 fully saturated rings. The molecule has 0 spiro atoms. The quantitative estimate of drug-likeness (QED) is 0.0259. The van der Waals surface area contributed by atoms with E-state index in [2.05, 4.69) is 21.3 Å². The van der Waals surface area contributed by atoms with Crippen LogP contribution in [0.25, 0.3) is 11.1 Å². The minimum Gasteiger partial charge on any atom is -0.493 e. The summed E-state index contributed by atoms with van der Waals surface area (Å²) in [5.74, 6) is -0.0680. The van der Waals surface area contributed by atoms with Crippen molar-refractivity contribution in [2.24, 2.45) is 27.7 Å². The first-order valence-electron chi connectivity index (χ1n) is 37.4. The van der Waals surface area contributed by atoms with Crippen molar-refractivity contribution < 1.29 is 105 Å². The van der Waals surface area contributed by atoms with E-state index in [9.17, 15) is 38.4 Å². The number of hydrogen-bond acceptors (Lipinski definition) is 24.